The molecule has 18 heavy (non-hydrogen) atoms. The first-order chi connectivity index (χ1) is 8.56. The van der Waals surface area contributed by atoms with E-state index in [4.69, 9.17) is 10.8 Å². The molecular weight excluding hydrogens is 230 g/mol. The van der Waals surface area contributed by atoms with Crippen molar-refractivity contribution in [2.75, 3.05) is 0 Å². The SMILES string of the molecule is Cn1cnc(-c2cccc(C[C@H](N)C(=O)O)c2)c1. The fraction of sp³-hybridized carbons (Fsp3) is 0.231. The van der Waals surface area contributed by atoms with Crippen LogP contribution in [0.5, 0.6) is 0 Å². The summed E-state index contributed by atoms with van der Waals surface area (Å²) in [5.41, 5.74) is 8.25. The summed E-state index contributed by atoms with van der Waals surface area (Å²) in [6, 6.07) is 6.75. The van der Waals surface area contributed by atoms with Gasteiger partial charge in [0.25, 0.3) is 0 Å². The number of aliphatic carboxylic acids is 1. The first kappa shape index (κ1) is 12.3. The number of aromatic nitrogens is 2. The summed E-state index contributed by atoms with van der Waals surface area (Å²) >= 11 is 0. The van der Waals surface area contributed by atoms with Gasteiger partial charge in [0.1, 0.15) is 6.04 Å². The molecule has 0 aliphatic heterocycles. The Morgan fingerprint density at radius 1 is 1.56 bits per heavy atom. The summed E-state index contributed by atoms with van der Waals surface area (Å²) in [7, 11) is 1.90. The van der Waals surface area contributed by atoms with Gasteiger partial charge < -0.3 is 15.4 Å². The van der Waals surface area contributed by atoms with Crippen molar-refractivity contribution in [1.29, 1.82) is 0 Å². The van der Waals surface area contributed by atoms with Crippen molar-refractivity contribution in [3.8, 4) is 11.3 Å². The number of carboxylic acid groups (broad SMARTS) is 1. The number of hydrogen-bond donors (Lipinski definition) is 2. The van der Waals surface area contributed by atoms with Crippen molar-refractivity contribution >= 4 is 5.97 Å². The molecule has 0 aliphatic rings. The van der Waals surface area contributed by atoms with Crippen molar-refractivity contribution < 1.29 is 9.90 Å². The molecule has 0 radical (unpaired) electrons. The highest BCUT2D eigenvalue weighted by Gasteiger charge is 2.12. The topological polar surface area (TPSA) is 81.1 Å². The van der Waals surface area contributed by atoms with Crippen molar-refractivity contribution in [3.63, 3.8) is 0 Å². The average Bonchev–Trinajstić information content (AvgIpc) is 2.76. The molecule has 2 rings (SSSR count). The van der Waals surface area contributed by atoms with Crippen molar-refractivity contribution in [1.82, 2.24) is 9.55 Å². The highest BCUT2D eigenvalue weighted by molar-refractivity contribution is 5.73. The Balaban J connectivity index is 2.22. The van der Waals surface area contributed by atoms with Crippen LogP contribution < -0.4 is 5.73 Å². The van der Waals surface area contributed by atoms with E-state index in [-0.39, 0.29) is 0 Å². The number of rotatable bonds is 4. The summed E-state index contributed by atoms with van der Waals surface area (Å²) in [4.78, 5) is 15.0. The summed E-state index contributed by atoms with van der Waals surface area (Å²) in [6.45, 7) is 0. The van der Waals surface area contributed by atoms with Gasteiger partial charge in [0.15, 0.2) is 0 Å². The molecule has 0 bridgehead atoms. The van der Waals surface area contributed by atoms with E-state index in [1.165, 1.54) is 0 Å². The summed E-state index contributed by atoms with van der Waals surface area (Å²) in [6.07, 6.45) is 3.96. The van der Waals surface area contributed by atoms with Crippen LogP contribution in [0.4, 0.5) is 0 Å². The molecule has 1 aromatic carbocycles. The summed E-state index contributed by atoms with van der Waals surface area (Å²) in [5, 5.41) is 8.79. The van der Waals surface area contributed by atoms with Crippen LogP contribution in [-0.2, 0) is 18.3 Å². The fourth-order valence-electron chi connectivity index (χ4n) is 1.76. The first-order valence-electron chi connectivity index (χ1n) is 5.62. The maximum atomic E-state index is 10.7. The molecule has 5 nitrogen and oxygen atoms in total. The zero-order valence-corrected chi connectivity index (χ0v) is 10.1. The molecule has 1 heterocycles. The predicted molar refractivity (Wildman–Crippen MR) is 68.0 cm³/mol. The molecule has 0 saturated carbocycles. The molecule has 0 spiro atoms. The van der Waals surface area contributed by atoms with E-state index in [0.717, 1.165) is 16.8 Å². The van der Waals surface area contributed by atoms with E-state index >= 15 is 0 Å². The molecule has 3 N–H and O–H groups in total. The largest absolute Gasteiger partial charge is 0.480 e. The molecule has 0 aliphatic carbocycles. The van der Waals surface area contributed by atoms with Crippen LogP contribution in [-0.4, -0.2) is 26.7 Å². The zero-order chi connectivity index (χ0) is 13.1. The van der Waals surface area contributed by atoms with Gasteiger partial charge in [-0.3, -0.25) is 4.79 Å². The minimum absolute atomic E-state index is 0.315. The lowest BCUT2D eigenvalue weighted by Gasteiger charge is -2.07. The van der Waals surface area contributed by atoms with Gasteiger partial charge in [-0.2, -0.15) is 0 Å². The van der Waals surface area contributed by atoms with Crippen molar-refractivity contribution in [3.05, 3.63) is 42.4 Å². The van der Waals surface area contributed by atoms with Crippen LogP contribution in [0.3, 0.4) is 0 Å². The second-order valence-corrected chi connectivity index (χ2v) is 4.27. The quantitative estimate of drug-likeness (QED) is 0.843. The molecule has 0 amide bonds. The van der Waals surface area contributed by atoms with Crippen molar-refractivity contribution in [2.45, 2.75) is 12.5 Å². The molecule has 0 unspecified atom stereocenters. The van der Waals surface area contributed by atoms with Gasteiger partial charge >= 0.3 is 5.97 Å². The molecule has 0 saturated heterocycles. The summed E-state index contributed by atoms with van der Waals surface area (Å²) < 4.78 is 1.87. The maximum Gasteiger partial charge on any atom is 0.320 e. The van der Waals surface area contributed by atoms with Crippen LogP contribution in [0.2, 0.25) is 0 Å². The number of aryl methyl sites for hydroxylation is 1. The van der Waals surface area contributed by atoms with Crippen molar-refractivity contribution in [2.24, 2.45) is 12.8 Å². The van der Waals surface area contributed by atoms with Crippen LogP contribution in [0.1, 0.15) is 5.56 Å². The minimum Gasteiger partial charge on any atom is -0.480 e. The number of carboxylic acids is 1. The Labute approximate surface area is 105 Å². The van der Waals surface area contributed by atoms with E-state index in [1.54, 1.807) is 6.33 Å². The van der Waals surface area contributed by atoms with Crippen LogP contribution in [0, 0.1) is 0 Å². The molecule has 1 atom stereocenters. The second kappa shape index (κ2) is 5.01. The minimum atomic E-state index is -0.988. The maximum absolute atomic E-state index is 10.7. The molecule has 0 fully saturated rings. The second-order valence-electron chi connectivity index (χ2n) is 4.27. The normalized spacial score (nSPS) is 12.3. The van der Waals surface area contributed by atoms with Gasteiger partial charge in [0, 0.05) is 18.8 Å². The van der Waals surface area contributed by atoms with E-state index in [2.05, 4.69) is 4.98 Å². The van der Waals surface area contributed by atoms with Gasteiger partial charge in [-0.15, -0.1) is 0 Å². The molecule has 5 heteroatoms. The highest BCUT2D eigenvalue weighted by atomic mass is 16.4. The zero-order valence-electron chi connectivity index (χ0n) is 10.1. The Bertz CT molecular complexity index is 563. The number of imidazole rings is 1. The standard InChI is InChI=1S/C13H15N3O2/c1-16-7-12(15-8-16)10-4-2-3-9(5-10)6-11(14)13(17)18/h2-5,7-8,11H,6,14H2,1H3,(H,17,18)/t11-/m0/s1. The van der Waals surface area contributed by atoms with Crippen LogP contribution in [0.25, 0.3) is 11.3 Å². The Morgan fingerprint density at radius 2 is 2.33 bits per heavy atom. The Hall–Kier alpha value is -2.14. The van der Waals surface area contributed by atoms with Gasteiger partial charge in [-0.05, 0) is 18.1 Å². The van der Waals surface area contributed by atoms with E-state index in [9.17, 15) is 4.79 Å². The highest BCUT2D eigenvalue weighted by Crippen LogP contribution is 2.18. The third-order valence-corrected chi connectivity index (χ3v) is 2.70. The first-order valence-corrected chi connectivity index (χ1v) is 5.62. The number of benzene rings is 1. The number of carbonyl (C=O) groups is 1. The summed E-state index contributed by atoms with van der Waals surface area (Å²) in [5.74, 6) is -0.988. The fourth-order valence-corrected chi connectivity index (χ4v) is 1.76. The lowest BCUT2D eigenvalue weighted by atomic mass is 10.0. The Kier molecular flexibility index (Phi) is 3.43. The van der Waals surface area contributed by atoms with Gasteiger partial charge in [0.05, 0.1) is 12.0 Å². The third-order valence-electron chi connectivity index (χ3n) is 2.70. The van der Waals surface area contributed by atoms with Crippen LogP contribution >= 0.6 is 0 Å². The smallest absolute Gasteiger partial charge is 0.320 e. The average molecular weight is 245 g/mol. The Morgan fingerprint density at radius 3 is 2.94 bits per heavy atom. The van der Waals surface area contributed by atoms with Gasteiger partial charge in [0.2, 0.25) is 0 Å². The number of hydrogen-bond acceptors (Lipinski definition) is 3. The number of nitrogens with two attached hydrogens (primary N) is 1. The van der Waals surface area contributed by atoms with E-state index in [1.807, 2.05) is 42.1 Å². The van der Waals surface area contributed by atoms with Crippen LogP contribution in [0.15, 0.2) is 36.8 Å². The lowest BCUT2D eigenvalue weighted by Crippen LogP contribution is -2.32. The van der Waals surface area contributed by atoms with Gasteiger partial charge in [-0.1, -0.05) is 18.2 Å². The number of nitrogens with zero attached hydrogens (tertiary/aromatic N) is 2. The predicted octanol–water partition coefficient (Wildman–Crippen LogP) is 1.04. The molecular formula is C13H15N3O2. The van der Waals surface area contributed by atoms with E-state index < -0.39 is 12.0 Å². The molecule has 94 valence electrons. The monoisotopic (exact) mass is 245 g/mol. The third kappa shape index (κ3) is 2.75. The molecule has 2 aromatic rings. The lowest BCUT2D eigenvalue weighted by molar-refractivity contribution is -0.138. The van der Waals surface area contributed by atoms with E-state index in [0.29, 0.717) is 6.42 Å². The molecule has 1 aromatic heterocycles. The van der Waals surface area contributed by atoms with Gasteiger partial charge in [-0.25, -0.2) is 4.98 Å².